The van der Waals surface area contributed by atoms with Gasteiger partial charge in [0.15, 0.2) is 0 Å². The largest absolute Gasteiger partial charge is 0.306 e. The van der Waals surface area contributed by atoms with Gasteiger partial charge < -0.3 is 5.32 Å². The monoisotopic (exact) mass is 224 g/mol. The minimum absolute atomic E-state index is 0.402. The number of terminal acetylenes is 1. The maximum atomic E-state index is 5.36. The number of hydrogen-bond acceptors (Lipinski definition) is 4. The van der Waals surface area contributed by atoms with Crippen molar-refractivity contribution in [3.8, 4) is 12.3 Å². The average Bonchev–Trinajstić information content (AvgIpc) is 2.61. The summed E-state index contributed by atoms with van der Waals surface area (Å²) in [6.45, 7) is 3.10. The van der Waals surface area contributed by atoms with E-state index in [1.54, 1.807) is 11.3 Å². The summed E-state index contributed by atoms with van der Waals surface area (Å²) in [4.78, 5) is 5.61. The number of thiazole rings is 1. The Hall–Kier alpha value is -0.500. The van der Waals surface area contributed by atoms with Crippen LogP contribution in [-0.2, 0) is 0 Å². The summed E-state index contributed by atoms with van der Waals surface area (Å²) in [5, 5.41) is 4.60. The van der Waals surface area contributed by atoms with E-state index >= 15 is 0 Å². The zero-order chi connectivity index (χ0) is 9.97. The van der Waals surface area contributed by atoms with Crippen LogP contribution in [0.5, 0.6) is 0 Å². The molecule has 1 aromatic rings. The van der Waals surface area contributed by atoms with Gasteiger partial charge in [0.2, 0.25) is 0 Å². The molecule has 1 unspecified atom stereocenters. The van der Waals surface area contributed by atoms with E-state index in [4.69, 9.17) is 6.42 Å². The molecule has 2 nitrogen and oxygen atoms in total. The number of rotatable bonds is 1. The third-order valence-corrected chi connectivity index (χ3v) is 4.32. The van der Waals surface area contributed by atoms with Crippen LogP contribution in [0.4, 0.5) is 0 Å². The van der Waals surface area contributed by atoms with Gasteiger partial charge in [-0.1, -0.05) is 0 Å². The molecule has 1 aliphatic heterocycles. The van der Waals surface area contributed by atoms with Crippen molar-refractivity contribution in [3.05, 3.63) is 15.6 Å². The van der Waals surface area contributed by atoms with Crippen molar-refractivity contribution >= 4 is 23.1 Å². The third kappa shape index (κ3) is 1.95. The Balaban J connectivity index is 2.19. The summed E-state index contributed by atoms with van der Waals surface area (Å²) < 4.78 is 0. The van der Waals surface area contributed by atoms with Crippen LogP contribution >= 0.6 is 23.1 Å². The molecule has 2 rings (SSSR count). The van der Waals surface area contributed by atoms with Crippen molar-refractivity contribution in [2.75, 3.05) is 18.1 Å². The summed E-state index contributed by atoms with van der Waals surface area (Å²) in [6, 6.07) is 0.402. The van der Waals surface area contributed by atoms with Crippen molar-refractivity contribution in [1.29, 1.82) is 0 Å². The van der Waals surface area contributed by atoms with Crippen LogP contribution in [-0.4, -0.2) is 23.0 Å². The lowest BCUT2D eigenvalue weighted by molar-refractivity contribution is 0.591. The van der Waals surface area contributed by atoms with Crippen LogP contribution in [0.2, 0.25) is 0 Å². The summed E-state index contributed by atoms with van der Waals surface area (Å²) >= 11 is 3.69. The molecule has 1 N–H and O–H groups in total. The maximum absolute atomic E-state index is 5.36. The standard InChI is InChI=1S/C10H12N2S2/c1-3-8-7(2)14-10(12-8)9-6-13-5-4-11-9/h1,9,11H,4-6H2,2H3. The molecule has 0 bridgehead atoms. The Morgan fingerprint density at radius 1 is 1.64 bits per heavy atom. The smallest absolute Gasteiger partial charge is 0.127 e. The van der Waals surface area contributed by atoms with E-state index in [9.17, 15) is 0 Å². The van der Waals surface area contributed by atoms with Gasteiger partial charge in [0.1, 0.15) is 10.7 Å². The number of aryl methyl sites for hydroxylation is 1. The summed E-state index contributed by atoms with van der Waals surface area (Å²) in [5.74, 6) is 4.92. The normalized spacial score (nSPS) is 21.9. The zero-order valence-electron chi connectivity index (χ0n) is 8.04. The van der Waals surface area contributed by atoms with Crippen LogP contribution in [0.3, 0.4) is 0 Å². The van der Waals surface area contributed by atoms with Crippen molar-refractivity contribution in [3.63, 3.8) is 0 Å². The molecule has 0 aromatic carbocycles. The first-order valence-electron chi connectivity index (χ1n) is 4.56. The quantitative estimate of drug-likeness (QED) is 0.736. The number of nitrogens with one attached hydrogen (secondary N) is 1. The Morgan fingerprint density at radius 2 is 2.50 bits per heavy atom. The first-order valence-corrected chi connectivity index (χ1v) is 6.53. The molecule has 2 heterocycles. The van der Waals surface area contributed by atoms with Crippen molar-refractivity contribution in [2.45, 2.75) is 13.0 Å². The van der Waals surface area contributed by atoms with E-state index in [2.05, 4.69) is 16.2 Å². The summed E-state index contributed by atoms with van der Waals surface area (Å²) in [7, 11) is 0. The second-order valence-corrected chi connectivity index (χ2v) is 5.57. The van der Waals surface area contributed by atoms with Crippen LogP contribution in [0, 0.1) is 19.3 Å². The number of thioether (sulfide) groups is 1. The lowest BCUT2D eigenvalue weighted by Gasteiger charge is -2.20. The SMILES string of the molecule is C#Cc1nc(C2CSCCN2)sc1C. The minimum Gasteiger partial charge on any atom is -0.306 e. The van der Waals surface area contributed by atoms with Gasteiger partial charge in [-0.05, 0) is 12.8 Å². The molecule has 4 heteroatoms. The van der Waals surface area contributed by atoms with E-state index in [1.807, 2.05) is 18.7 Å². The first kappa shape index (κ1) is 10.0. The molecule has 1 fully saturated rings. The Kier molecular flexibility index (Phi) is 3.12. The van der Waals surface area contributed by atoms with Crippen LogP contribution in [0.15, 0.2) is 0 Å². The average molecular weight is 224 g/mol. The van der Waals surface area contributed by atoms with E-state index in [0.29, 0.717) is 6.04 Å². The predicted molar refractivity (Wildman–Crippen MR) is 62.9 cm³/mol. The van der Waals surface area contributed by atoms with Gasteiger partial charge in [-0.25, -0.2) is 4.98 Å². The lowest BCUT2D eigenvalue weighted by atomic mass is 10.3. The predicted octanol–water partition coefficient (Wildman–Crippen LogP) is 1.81. The summed E-state index contributed by atoms with van der Waals surface area (Å²) in [6.07, 6.45) is 5.36. The van der Waals surface area contributed by atoms with E-state index in [1.165, 1.54) is 5.75 Å². The van der Waals surface area contributed by atoms with E-state index in [0.717, 1.165) is 27.9 Å². The number of hydrogen-bond donors (Lipinski definition) is 1. The Bertz CT molecular complexity index is 359. The Morgan fingerprint density at radius 3 is 3.07 bits per heavy atom. The summed E-state index contributed by atoms with van der Waals surface area (Å²) in [5.41, 5.74) is 0.808. The molecule has 74 valence electrons. The third-order valence-electron chi connectivity index (χ3n) is 2.17. The fourth-order valence-corrected chi connectivity index (χ4v) is 3.43. The lowest BCUT2D eigenvalue weighted by Crippen LogP contribution is -2.30. The number of aromatic nitrogens is 1. The van der Waals surface area contributed by atoms with Crippen LogP contribution in [0.25, 0.3) is 0 Å². The van der Waals surface area contributed by atoms with Gasteiger partial charge in [0, 0.05) is 22.9 Å². The van der Waals surface area contributed by atoms with Gasteiger partial charge in [0.25, 0.3) is 0 Å². The zero-order valence-corrected chi connectivity index (χ0v) is 9.67. The highest BCUT2D eigenvalue weighted by Gasteiger charge is 2.19. The second kappa shape index (κ2) is 4.35. The van der Waals surface area contributed by atoms with E-state index < -0.39 is 0 Å². The molecule has 1 saturated heterocycles. The molecular formula is C10H12N2S2. The molecule has 1 aliphatic rings. The molecule has 0 amide bonds. The molecule has 0 saturated carbocycles. The van der Waals surface area contributed by atoms with Gasteiger partial charge in [0.05, 0.1) is 6.04 Å². The van der Waals surface area contributed by atoms with Gasteiger partial charge in [-0.3, -0.25) is 0 Å². The minimum atomic E-state index is 0.402. The second-order valence-electron chi connectivity index (χ2n) is 3.18. The molecule has 0 aliphatic carbocycles. The fourth-order valence-electron chi connectivity index (χ4n) is 1.42. The van der Waals surface area contributed by atoms with Crippen molar-refractivity contribution in [1.82, 2.24) is 10.3 Å². The molecule has 0 spiro atoms. The van der Waals surface area contributed by atoms with Crippen LogP contribution < -0.4 is 5.32 Å². The van der Waals surface area contributed by atoms with Gasteiger partial charge >= 0.3 is 0 Å². The highest BCUT2D eigenvalue weighted by atomic mass is 32.2. The van der Waals surface area contributed by atoms with Crippen molar-refractivity contribution in [2.24, 2.45) is 0 Å². The molecule has 0 radical (unpaired) electrons. The van der Waals surface area contributed by atoms with Gasteiger partial charge in [-0.15, -0.1) is 17.8 Å². The highest BCUT2D eigenvalue weighted by Crippen LogP contribution is 2.27. The van der Waals surface area contributed by atoms with Crippen LogP contribution in [0.1, 0.15) is 21.6 Å². The number of nitrogens with zero attached hydrogens (tertiary/aromatic N) is 1. The molecule has 1 aromatic heterocycles. The Labute approximate surface area is 92.5 Å². The molecule has 1 atom stereocenters. The first-order chi connectivity index (χ1) is 6.81. The van der Waals surface area contributed by atoms with Gasteiger partial charge in [-0.2, -0.15) is 11.8 Å². The van der Waals surface area contributed by atoms with E-state index in [-0.39, 0.29) is 0 Å². The topological polar surface area (TPSA) is 24.9 Å². The maximum Gasteiger partial charge on any atom is 0.127 e. The molecule has 14 heavy (non-hydrogen) atoms. The fraction of sp³-hybridized carbons (Fsp3) is 0.500. The highest BCUT2D eigenvalue weighted by molar-refractivity contribution is 7.99. The molecular weight excluding hydrogens is 212 g/mol. The van der Waals surface area contributed by atoms with Crippen molar-refractivity contribution < 1.29 is 0 Å².